The van der Waals surface area contributed by atoms with Crippen molar-refractivity contribution >= 4 is 5.91 Å². The summed E-state index contributed by atoms with van der Waals surface area (Å²) in [7, 11) is 0. The zero-order chi connectivity index (χ0) is 50.3. The van der Waals surface area contributed by atoms with E-state index < -0.39 is 55.6 Å². The Morgan fingerprint density at radius 1 is 0.449 bits per heavy atom. The molecule has 2 unspecified atom stereocenters. The Morgan fingerprint density at radius 3 is 1.07 bits per heavy atom. The number of carbonyl (C=O) groups is 1. The van der Waals surface area contributed by atoms with Gasteiger partial charge in [-0.05, 0) is 12.8 Å². The van der Waals surface area contributed by atoms with Gasteiger partial charge in [-0.2, -0.15) is 0 Å². The average Bonchev–Trinajstić information content (AvgIpc) is 3.35. The van der Waals surface area contributed by atoms with E-state index in [2.05, 4.69) is 19.2 Å². The molecule has 8 atom stereocenters. The Morgan fingerprint density at radius 2 is 0.754 bits per heavy atom. The summed E-state index contributed by atoms with van der Waals surface area (Å²) in [5.41, 5.74) is 0. The van der Waals surface area contributed by atoms with Crippen molar-refractivity contribution < 1.29 is 44.9 Å². The standard InChI is InChI=1S/C59H117NO9/c1-3-5-7-9-11-13-15-16-17-18-19-20-21-22-23-24-25-26-27-28-29-30-31-32-33-34-35-36-37-38-40-42-44-46-48-54(63)60-51(50-68-59-58(67)57(66)56(65)53(49-61)69-59)55(64)52(62)47-45-43-41-39-14-12-10-8-6-4-2/h51-53,55-59,61-62,64-67H,3-50H2,1-2H3,(H,60,63)/t51-,52+,53+,55-,56-,57?,58?,59+/m0/s1. The van der Waals surface area contributed by atoms with Crippen molar-refractivity contribution in [3.05, 3.63) is 0 Å². The van der Waals surface area contributed by atoms with E-state index in [1.54, 1.807) is 0 Å². The van der Waals surface area contributed by atoms with Crippen LogP contribution in [-0.4, -0.2) is 98.7 Å². The number of hydrogen-bond donors (Lipinski definition) is 7. The molecule has 0 aromatic rings. The predicted octanol–water partition coefficient (Wildman–Crippen LogP) is 14.0. The van der Waals surface area contributed by atoms with Gasteiger partial charge in [-0.1, -0.05) is 290 Å². The van der Waals surface area contributed by atoms with Crippen molar-refractivity contribution in [2.24, 2.45) is 0 Å². The van der Waals surface area contributed by atoms with Gasteiger partial charge in [0.1, 0.15) is 30.5 Å². The third-order valence-corrected chi connectivity index (χ3v) is 15.1. The third kappa shape index (κ3) is 38.4. The molecule has 1 fully saturated rings. The highest BCUT2D eigenvalue weighted by Crippen LogP contribution is 2.24. The van der Waals surface area contributed by atoms with E-state index in [9.17, 15) is 35.4 Å². The van der Waals surface area contributed by atoms with Crippen LogP contribution in [0.2, 0.25) is 0 Å². The normalized spacial score (nSPS) is 19.8. The predicted molar refractivity (Wildman–Crippen MR) is 287 cm³/mol. The molecule has 0 aromatic heterocycles. The summed E-state index contributed by atoms with van der Waals surface area (Å²) in [6.45, 7) is 3.63. The quantitative estimate of drug-likeness (QED) is 0.0293. The first-order valence-corrected chi connectivity index (χ1v) is 30.3. The van der Waals surface area contributed by atoms with Gasteiger partial charge >= 0.3 is 0 Å². The van der Waals surface area contributed by atoms with Gasteiger partial charge in [0.05, 0.1) is 25.4 Å². The topological polar surface area (TPSA) is 169 Å². The largest absolute Gasteiger partial charge is 0.394 e. The van der Waals surface area contributed by atoms with E-state index >= 15 is 0 Å². The molecule has 0 spiro atoms. The second kappa shape index (κ2) is 49.4. The van der Waals surface area contributed by atoms with Crippen LogP contribution in [0, 0.1) is 0 Å². The summed E-state index contributed by atoms with van der Waals surface area (Å²) in [5.74, 6) is -0.251. The minimum atomic E-state index is -1.60. The van der Waals surface area contributed by atoms with Crippen LogP contribution in [0.3, 0.4) is 0 Å². The first kappa shape index (κ1) is 66.2. The smallest absolute Gasteiger partial charge is 0.220 e. The fraction of sp³-hybridized carbons (Fsp3) is 0.983. The fourth-order valence-electron chi connectivity index (χ4n) is 10.2. The first-order chi connectivity index (χ1) is 33.8. The summed E-state index contributed by atoms with van der Waals surface area (Å²) < 4.78 is 11.2. The summed E-state index contributed by atoms with van der Waals surface area (Å²) in [4.78, 5) is 13.1. The Hall–Kier alpha value is -0.850. The molecule has 1 rings (SSSR count). The van der Waals surface area contributed by atoms with Crippen LogP contribution >= 0.6 is 0 Å². The molecular weight excluding hydrogens is 867 g/mol. The molecule has 0 radical (unpaired) electrons. The van der Waals surface area contributed by atoms with E-state index in [4.69, 9.17) is 9.47 Å². The van der Waals surface area contributed by atoms with Crippen LogP contribution < -0.4 is 5.32 Å². The molecule has 412 valence electrons. The molecule has 1 heterocycles. The summed E-state index contributed by atoms with van der Waals surface area (Å²) in [5, 5.41) is 65.3. The molecule has 1 aliphatic rings. The van der Waals surface area contributed by atoms with Gasteiger partial charge in [-0.3, -0.25) is 4.79 Å². The molecule has 7 N–H and O–H groups in total. The van der Waals surface area contributed by atoms with Crippen molar-refractivity contribution in [1.29, 1.82) is 0 Å². The average molecular weight is 985 g/mol. The number of aliphatic hydroxyl groups is 6. The van der Waals surface area contributed by atoms with Crippen molar-refractivity contribution in [2.45, 2.75) is 358 Å². The molecule has 1 amide bonds. The zero-order valence-corrected chi connectivity index (χ0v) is 45.5. The van der Waals surface area contributed by atoms with Crippen LogP contribution in [-0.2, 0) is 14.3 Å². The molecular formula is C59H117NO9. The minimum Gasteiger partial charge on any atom is -0.394 e. The van der Waals surface area contributed by atoms with E-state index in [0.29, 0.717) is 6.42 Å². The van der Waals surface area contributed by atoms with Crippen molar-refractivity contribution in [3.63, 3.8) is 0 Å². The molecule has 1 saturated heterocycles. The van der Waals surface area contributed by atoms with Crippen LogP contribution in [0.25, 0.3) is 0 Å². The lowest BCUT2D eigenvalue weighted by molar-refractivity contribution is -0.303. The molecule has 0 aromatic carbocycles. The second-order valence-electron chi connectivity index (χ2n) is 21.7. The van der Waals surface area contributed by atoms with Crippen molar-refractivity contribution in [1.82, 2.24) is 5.32 Å². The Labute approximate surface area is 426 Å². The summed E-state index contributed by atoms with van der Waals surface area (Å²) >= 11 is 0. The van der Waals surface area contributed by atoms with Crippen LogP contribution in [0.15, 0.2) is 0 Å². The minimum absolute atomic E-state index is 0.251. The molecule has 69 heavy (non-hydrogen) atoms. The van der Waals surface area contributed by atoms with Gasteiger partial charge < -0.3 is 45.4 Å². The Kier molecular flexibility index (Phi) is 47.3. The number of aliphatic hydroxyl groups excluding tert-OH is 6. The van der Waals surface area contributed by atoms with Crippen LogP contribution in [0.4, 0.5) is 0 Å². The molecule has 1 aliphatic heterocycles. The van der Waals surface area contributed by atoms with E-state index in [1.165, 1.54) is 238 Å². The van der Waals surface area contributed by atoms with Crippen LogP contribution in [0.5, 0.6) is 0 Å². The highest BCUT2D eigenvalue weighted by molar-refractivity contribution is 5.76. The Bertz CT molecular complexity index is 1070. The van der Waals surface area contributed by atoms with E-state index in [0.717, 1.165) is 44.9 Å². The summed E-state index contributed by atoms with van der Waals surface area (Å²) in [6.07, 6.45) is 48.9. The Balaban J connectivity index is 2.07. The maximum absolute atomic E-state index is 13.1. The third-order valence-electron chi connectivity index (χ3n) is 15.1. The maximum Gasteiger partial charge on any atom is 0.220 e. The van der Waals surface area contributed by atoms with Crippen molar-refractivity contribution in [2.75, 3.05) is 13.2 Å². The fourth-order valence-corrected chi connectivity index (χ4v) is 10.2. The van der Waals surface area contributed by atoms with E-state index in [-0.39, 0.29) is 18.9 Å². The number of ether oxygens (including phenoxy) is 2. The number of nitrogens with one attached hydrogen (secondary N) is 1. The highest BCUT2D eigenvalue weighted by atomic mass is 16.7. The molecule has 10 heteroatoms. The zero-order valence-electron chi connectivity index (χ0n) is 45.5. The lowest BCUT2D eigenvalue weighted by atomic mass is 9.98. The van der Waals surface area contributed by atoms with E-state index in [1.807, 2.05) is 0 Å². The van der Waals surface area contributed by atoms with Gasteiger partial charge in [0.15, 0.2) is 6.29 Å². The molecule has 0 saturated carbocycles. The first-order valence-electron chi connectivity index (χ1n) is 30.3. The lowest BCUT2D eigenvalue weighted by Gasteiger charge is -2.40. The summed E-state index contributed by atoms with van der Waals surface area (Å²) in [6, 6.07) is -0.985. The number of carbonyl (C=O) groups excluding carboxylic acids is 1. The molecule has 0 bridgehead atoms. The molecule has 10 nitrogen and oxygen atoms in total. The number of amides is 1. The van der Waals surface area contributed by atoms with Gasteiger partial charge in [0.25, 0.3) is 0 Å². The van der Waals surface area contributed by atoms with Gasteiger partial charge in [0.2, 0.25) is 5.91 Å². The van der Waals surface area contributed by atoms with Crippen molar-refractivity contribution in [3.8, 4) is 0 Å². The van der Waals surface area contributed by atoms with Gasteiger partial charge in [0, 0.05) is 6.42 Å². The SMILES string of the molecule is CCCCCCCCCCCCCCCCCCCCCCCCCCCCCCCCCCCCC(=O)N[C@@H](CO[C@@H]1O[C@H](CO)[C@H](O)C(O)C1O)[C@H](O)[C@H](O)CCCCCCCCCCCC. The van der Waals surface area contributed by atoms with Crippen LogP contribution in [0.1, 0.15) is 309 Å². The number of rotatable bonds is 53. The lowest BCUT2D eigenvalue weighted by Crippen LogP contribution is -2.60. The second-order valence-corrected chi connectivity index (χ2v) is 21.7. The number of hydrogen-bond acceptors (Lipinski definition) is 9. The number of unbranched alkanes of at least 4 members (excludes halogenated alkanes) is 42. The van der Waals surface area contributed by atoms with Gasteiger partial charge in [-0.25, -0.2) is 0 Å². The molecule has 0 aliphatic carbocycles. The highest BCUT2D eigenvalue weighted by Gasteiger charge is 2.44. The maximum atomic E-state index is 13.1. The van der Waals surface area contributed by atoms with Gasteiger partial charge in [-0.15, -0.1) is 0 Å². The monoisotopic (exact) mass is 984 g/mol.